The topological polar surface area (TPSA) is 63.4 Å². The van der Waals surface area contributed by atoms with E-state index in [2.05, 4.69) is 17.0 Å². The molecule has 4 nitrogen and oxygen atoms in total. The molecule has 1 unspecified atom stereocenters. The maximum atomic E-state index is 12.0. The first-order valence-electron chi connectivity index (χ1n) is 7.19. The smallest absolute Gasteiger partial charge is 0.153 e. The minimum atomic E-state index is -2.99. The monoisotopic (exact) mass is 296 g/mol. The highest BCUT2D eigenvalue weighted by molar-refractivity contribution is 7.92. The minimum absolute atomic E-state index is 0.141. The van der Waals surface area contributed by atoms with Crippen molar-refractivity contribution in [2.45, 2.75) is 31.6 Å². The van der Waals surface area contributed by atoms with E-state index in [4.69, 9.17) is 5.73 Å². The number of benzene rings is 1. The van der Waals surface area contributed by atoms with Crippen LogP contribution in [0.1, 0.15) is 31.0 Å². The van der Waals surface area contributed by atoms with Crippen molar-refractivity contribution in [3.05, 3.63) is 35.4 Å². The molecule has 1 aliphatic rings. The van der Waals surface area contributed by atoms with E-state index in [1.807, 2.05) is 12.1 Å². The van der Waals surface area contributed by atoms with Gasteiger partial charge in [0.1, 0.15) is 0 Å². The van der Waals surface area contributed by atoms with Gasteiger partial charge in [-0.15, -0.1) is 0 Å². The zero-order chi connectivity index (χ0) is 14.8. The summed E-state index contributed by atoms with van der Waals surface area (Å²) in [6, 6.07) is 8.46. The standard InChI is InChI=1S/C15H24N2O2S/c1-12(2)20(18,19)10-9-17-8-7-13-5-3-4-6-14(13)15(17)11-16/h3-6,12,15H,7-11,16H2,1-2H3. The molecule has 2 rings (SSSR count). The van der Waals surface area contributed by atoms with Crippen molar-refractivity contribution in [1.82, 2.24) is 4.90 Å². The second-order valence-electron chi connectivity index (χ2n) is 5.65. The molecule has 0 spiro atoms. The fourth-order valence-electron chi connectivity index (χ4n) is 2.73. The number of nitrogens with zero attached hydrogens (tertiary/aromatic N) is 1. The summed E-state index contributed by atoms with van der Waals surface area (Å²) in [5.74, 6) is 0.212. The largest absolute Gasteiger partial charge is 0.329 e. The summed E-state index contributed by atoms with van der Waals surface area (Å²) >= 11 is 0. The Morgan fingerprint density at radius 1 is 1.35 bits per heavy atom. The van der Waals surface area contributed by atoms with E-state index in [1.165, 1.54) is 11.1 Å². The SMILES string of the molecule is CC(C)S(=O)(=O)CCN1CCc2ccccc2C1CN. The van der Waals surface area contributed by atoms with Crippen LogP contribution in [-0.2, 0) is 16.3 Å². The van der Waals surface area contributed by atoms with Crippen LogP contribution in [-0.4, -0.2) is 44.0 Å². The van der Waals surface area contributed by atoms with Gasteiger partial charge < -0.3 is 5.73 Å². The van der Waals surface area contributed by atoms with Crippen molar-refractivity contribution in [3.63, 3.8) is 0 Å². The fourth-order valence-corrected chi connectivity index (χ4v) is 3.69. The first-order valence-corrected chi connectivity index (χ1v) is 8.90. The number of fused-ring (bicyclic) bond motifs is 1. The van der Waals surface area contributed by atoms with Crippen molar-refractivity contribution in [2.75, 3.05) is 25.4 Å². The Kier molecular flexibility index (Phi) is 4.83. The molecule has 20 heavy (non-hydrogen) atoms. The van der Waals surface area contributed by atoms with E-state index >= 15 is 0 Å². The highest BCUT2D eigenvalue weighted by Crippen LogP contribution is 2.28. The van der Waals surface area contributed by atoms with Gasteiger partial charge in [0.25, 0.3) is 0 Å². The third-order valence-corrected chi connectivity index (χ3v) is 6.32. The van der Waals surface area contributed by atoms with Crippen LogP contribution in [0.5, 0.6) is 0 Å². The molecule has 1 atom stereocenters. The van der Waals surface area contributed by atoms with E-state index in [0.717, 1.165) is 13.0 Å². The van der Waals surface area contributed by atoms with E-state index in [0.29, 0.717) is 13.1 Å². The van der Waals surface area contributed by atoms with Gasteiger partial charge in [0.15, 0.2) is 9.84 Å². The van der Waals surface area contributed by atoms with Crippen LogP contribution < -0.4 is 5.73 Å². The quantitative estimate of drug-likeness (QED) is 0.891. The van der Waals surface area contributed by atoms with E-state index in [1.54, 1.807) is 13.8 Å². The number of hydrogen-bond donors (Lipinski definition) is 1. The normalized spacial score (nSPS) is 20.1. The molecule has 2 N–H and O–H groups in total. The third-order valence-electron chi connectivity index (χ3n) is 4.13. The molecule has 5 heteroatoms. The van der Waals surface area contributed by atoms with Crippen LogP contribution in [0.25, 0.3) is 0 Å². The molecule has 1 aliphatic heterocycles. The van der Waals surface area contributed by atoms with Gasteiger partial charge >= 0.3 is 0 Å². The van der Waals surface area contributed by atoms with Crippen LogP contribution in [0.15, 0.2) is 24.3 Å². The molecule has 112 valence electrons. The minimum Gasteiger partial charge on any atom is -0.329 e. The van der Waals surface area contributed by atoms with Gasteiger partial charge in [0.2, 0.25) is 0 Å². The summed E-state index contributed by atoms with van der Waals surface area (Å²) in [5.41, 5.74) is 8.51. The van der Waals surface area contributed by atoms with Crippen LogP contribution in [0.3, 0.4) is 0 Å². The Labute approximate surface area is 121 Å². The van der Waals surface area contributed by atoms with Crippen LogP contribution in [0, 0.1) is 0 Å². The van der Waals surface area contributed by atoms with Crippen molar-refractivity contribution in [2.24, 2.45) is 5.73 Å². The Hall–Kier alpha value is -0.910. The van der Waals surface area contributed by atoms with E-state index in [9.17, 15) is 8.42 Å². The summed E-state index contributed by atoms with van der Waals surface area (Å²) < 4.78 is 23.9. The maximum Gasteiger partial charge on any atom is 0.153 e. The summed E-state index contributed by atoms with van der Waals surface area (Å²) in [6.45, 7) is 5.45. The molecule has 0 aromatic heterocycles. The molecule has 1 aromatic rings. The molecule has 0 radical (unpaired) electrons. The fraction of sp³-hybridized carbons (Fsp3) is 0.600. The lowest BCUT2D eigenvalue weighted by Gasteiger charge is -2.36. The van der Waals surface area contributed by atoms with Crippen LogP contribution in [0.2, 0.25) is 0 Å². The highest BCUT2D eigenvalue weighted by Gasteiger charge is 2.27. The zero-order valence-electron chi connectivity index (χ0n) is 12.2. The van der Waals surface area contributed by atoms with Gasteiger partial charge in [-0.1, -0.05) is 24.3 Å². The Morgan fingerprint density at radius 3 is 2.70 bits per heavy atom. The van der Waals surface area contributed by atoms with Crippen LogP contribution >= 0.6 is 0 Å². The van der Waals surface area contributed by atoms with Gasteiger partial charge in [-0.3, -0.25) is 4.90 Å². The summed E-state index contributed by atoms with van der Waals surface area (Å²) in [5, 5.41) is -0.309. The van der Waals surface area contributed by atoms with Crippen molar-refractivity contribution in [1.29, 1.82) is 0 Å². The molecule has 0 saturated heterocycles. The first kappa shape index (κ1) is 15.5. The molecular formula is C15H24N2O2S. The predicted molar refractivity (Wildman–Crippen MR) is 82.4 cm³/mol. The number of sulfone groups is 1. The van der Waals surface area contributed by atoms with Gasteiger partial charge in [0, 0.05) is 25.7 Å². The third kappa shape index (κ3) is 3.22. The number of nitrogens with two attached hydrogens (primary N) is 1. The Balaban J connectivity index is 2.11. The van der Waals surface area contributed by atoms with E-state index in [-0.39, 0.29) is 17.0 Å². The van der Waals surface area contributed by atoms with Gasteiger partial charge in [0.05, 0.1) is 11.0 Å². The van der Waals surface area contributed by atoms with Crippen molar-refractivity contribution >= 4 is 9.84 Å². The highest BCUT2D eigenvalue weighted by atomic mass is 32.2. The lowest BCUT2D eigenvalue weighted by molar-refractivity contribution is 0.201. The average Bonchev–Trinajstić information content (AvgIpc) is 2.44. The molecule has 1 aromatic carbocycles. The lowest BCUT2D eigenvalue weighted by Crippen LogP contribution is -2.42. The number of hydrogen-bond acceptors (Lipinski definition) is 4. The summed E-state index contributed by atoms with van der Waals surface area (Å²) in [6.07, 6.45) is 0.967. The first-order chi connectivity index (χ1) is 9.45. The van der Waals surface area contributed by atoms with Gasteiger partial charge in [-0.2, -0.15) is 0 Å². The Bertz CT molecular complexity index is 555. The Morgan fingerprint density at radius 2 is 2.05 bits per heavy atom. The summed E-state index contributed by atoms with van der Waals surface area (Å²) in [7, 11) is -2.99. The maximum absolute atomic E-state index is 12.0. The zero-order valence-corrected chi connectivity index (χ0v) is 13.1. The van der Waals surface area contributed by atoms with Gasteiger partial charge in [-0.25, -0.2) is 8.42 Å². The molecule has 1 heterocycles. The van der Waals surface area contributed by atoms with Crippen molar-refractivity contribution in [3.8, 4) is 0 Å². The molecule has 0 amide bonds. The molecular weight excluding hydrogens is 272 g/mol. The average molecular weight is 296 g/mol. The molecule has 0 saturated carbocycles. The van der Waals surface area contributed by atoms with Crippen molar-refractivity contribution < 1.29 is 8.42 Å². The second kappa shape index (κ2) is 6.24. The second-order valence-corrected chi connectivity index (χ2v) is 8.33. The van der Waals surface area contributed by atoms with E-state index < -0.39 is 9.84 Å². The van der Waals surface area contributed by atoms with Gasteiger partial charge in [-0.05, 0) is 31.4 Å². The molecule has 0 aliphatic carbocycles. The number of rotatable bonds is 5. The predicted octanol–water partition coefficient (Wildman–Crippen LogP) is 1.37. The molecule has 0 fully saturated rings. The lowest BCUT2D eigenvalue weighted by atomic mass is 9.93. The summed E-state index contributed by atoms with van der Waals surface area (Å²) in [4.78, 5) is 2.21. The van der Waals surface area contributed by atoms with Crippen LogP contribution in [0.4, 0.5) is 0 Å². The molecule has 0 bridgehead atoms.